The van der Waals surface area contributed by atoms with E-state index in [1.54, 1.807) is 25.8 Å². The Bertz CT molecular complexity index is 356. The molecule has 0 heterocycles. The lowest BCUT2D eigenvalue weighted by Gasteiger charge is -2.23. The predicted molar refractivity (Wildman–Crippen MR) is 84.3 cm³/mol. The first-order valence-corrected chi connectivity index (χ1v) is 7.70. The summed E-state index contributed by atoms with van der Waals surface area (Å²) in [7, 11) is 0. The van der Waals surface area contributed by atoms with Gasteiger partial charge in [-0.1, -0.05) is 24.8 Å². The highest BCUT2D eigenvalue weighted by atomic mass is 16.5. The molecule has 2 bridgehead atoms. The summed E-state index contributed by atoms with van der Waals surface area (Å²) in [5, 5.41) is 0. The minimum Gasteiger partial charge on any atom is -0.463 e. The molecule has 0 N–H and O–H groups in total. The van der Waals surface area contributed by atoms with Crippen LogP contribution in [-0.2, 0) is 9.53 Å². The molecule has 0 spiro atoms. The van der Waals surface area contributed by atoms with Crippen molar-refractivity contribution in [3.8, 4) is 0 Å². The maximum Gasteiger partial charge on any atom is 0.330 e. The smallest absolute Gasteiger partial charge is 0.330 e. The fraction of sp³-hybridized carbons (Fsp3) is 0.611. The fourth-order valence-electron chi connectivity index (χ4n) is 3.70. The van der Waals surface area contributed by atoms with E-state index in [1.807, 2.05) is 6.92 Å². The molecule has 0 amide bonds. The number of allylic oxidation sites excluding steroid dienone is 3. The Morgan fingerprint density at radius 1 is 1.35 bits per heavy atom. The number of rotatable bonds is 2. The number of hydrogen-bond acceptors (Lipinski definition) is 2. The topological polar surface area (TPSA) is 26.3 Å². The Kier molecular flexibility index (Phi) is 7.35. The molecule has 0 aromatic carbocycles. The number of fused-ring (bicyclic) bond motifs is 5. The van der Waals surface area contributed by atoms with Crippen molar-refractivity contribution in [3.05, 3.63) is 37.5 Å². The van der Waals surface area contributed by atoms with Gasteiger partial charge in [0.25, 0.3) is 0 Å². The normalized spacial score (nSPS) is 31.3. The van der Waals surface area contributed by atoms with Crippen molar-refractivity contribution in [1.29, 1.82) is 0 Å². The lowest BCUT2D eigenvalue weighted by atomic mass is 9.82. The molecule has 0 saturated heterocycles. The van der Waals surface area contributed by atoms with Gasteiger partial charge in [0.2, 0.25) is 0 Å². The Morgan fingerprint density at radius 2 is 2.00 bits per heavy atom. The van der Waals surface area contributed by atoms with Crippen molar-refractivity contribution in [2.75, 3.05) is 6.61 Å². The third-order valence-corrected chi connectivity index (χ3v) is 4.38. The minimum atomic E-state index is -0.359. The molecule has 0 aromatic rings. The summed E-state index contributed by atoms with van der Waals surface area (Å²) in [5.74, 6) is 4.00. The van der Waals surface area contributed by atoms with E-state index in [-0.39, 0.29) is 5.97 Å². The summed E-state index contributed by atoms with van der Waals surface area (Å²) in [6, 6.07) is 0. The summed E-state index contributed by atoms with van der Waals surface area (Å²) in [6.07, 6.45) is 13.9. The third kappa shape index (κ3) is 4.36. The van der Waals surface area contributed by atoms with Crippen LogP contribution < -0.4 is 0 Å². The molecule has 3 aliphatic rings. The molecule has 2 heteroatoms. The van der Waals surface area contributed by atoms with Crippen molar-refractivity contribution in [3.63, 3.8) is 0 Å². The van der Waals surface area contributed by atoms with Gasteiger partial charge in [-0.25, -0.2) is 4.79 Å². The Hall–Kier alpha value is -1.31. The zero-order valence-corrected chi connectivity index (χ0v) is 12.9. The van der Waals surface area contributed by atoms with Crippen molar-refractivity contribution >= 4 is 5.97 Å². The highest BCUT2D eigenvalue weighted by Crippen LogP contribution is 2.56. The van der Waals surface area contributed by atoms with Crippen molar-refractivity contribution in [1.82, 2.24) is 0 Å². The second kappa shape index (κ2) is 8.78. The van der Waals surface area contributed by atoms with Gasteiger partial charge in [-0.2, -0.15) is 0 Å². The first-order chi connectivity index (χ1) is 9.67. The van der Waals surface area contributed by atoms with E-state index in [0.717, 1.165) is 29.7 Å². The van der Waals surface area contributed by atoms with E-state index in [0.29, 0.717) is 6.61 Å². The van der Waals surface area contributed by atoms with Gasteiger partial charge in [-0.15, -0.1) is 6.58 Å². The Labute approximate surface area is 123 Å². The first-order valence-electron chi connectivity index (χ1n) is 7.70. The molecule has 20 heavy (non-hydrogen) atoms. The molecule has 3 aliphatic carbocycles. The van der Waals surface area contributed by atoms with Gasteiger partial charge in [-0.3, -0.25) is 0 Å². The van der Waals surface area contributed by atoms with E-state index in [4.69, 9.17) is 0 Å². The largest absolute Gasteiger partial charge is 0.463 e. The summed E-state index contributed by atoms with van der Waals surface area (Å²) in [4.78, 5) is 10.1. The average Bonchev–Trinajstić information content (AvgIpc) is 3.14. The van der Waals surface area contributed by atoms with E-state index in [2.05, 4.69) is 30.0 Å². The molecule has 112 valence electrons. The minimum absolute atomic E-state index is 0.359. The molecule has 4 unspecified atom stereocenters. The van der Waals surface area contributed by atoms with Gasteiger partial charge in [0.1, 0.15) is 0 Å². The molecule has 2 saturated carbocycles. The van der Waals surface area contributed by atoms with E-state index in [9.17, 15) is 4.79 Å². The Balaban J connectivity index is 0.000000178. The third-order valence-electron chi connectivity index (χ3n) is 4.38. The van der Waals surface area contributed by atoms with Crippen LogP contribution in [0.25, 0.3) is 0 Å². The molecular weight excluding hydrogens is 248 g/mol. The van der Waals surface area contributed by atoms with Gasteiger partial charge in [0.15, 0.2) is 0 Å². The van der Waals surface area contributed by atoms with E-state index in [1.165, 1.54) is 12.8 Å². The van der Waals surface area contributed by atoms with Gasteiger partial charge < -0.3 is 4.74 Å². The highest BCUT2D eigenvalue weighted by Gasteiger charge is 2.47. The zero-order valence-electron chi connectivity index (χ0n) is 12.9. The monoisotopic (exact) mass is 276 g/mol. The SMILES string of the molecule is C1=CC2C3CCC(C3)C2C1.C=CC.C=CC(=O)OCC. The van der Waals surface area contributed by atoms with Crippen LogP contribution in [0.15, 0.2) is 37.5 Å². The number of carbonyl (C=O) groups excluding carboxylic acids is 1. The second-order valence-electron chi connectivity index (χ2n) is 5.60. The quantitative estimate of drug-likeness (QED) is 0.420. The highest BCUT2D eigenvalue weighted by molar-refractivity contribution is 5.81. The predicted octanol–water partition coefficient (Wildman–Crippen LogP) is 4.54. The summed E-state index contributed by atoms with van der Waals surface area (Å²) >= 11 is 0. The standard InChI is InChI=1S/C10H14.C5H8O2.C3H6/c1-2-9-7-4-5-8(6-7)10(9)3-1;1-3-5(6)7-4-2;1-3-2/h1-2,7-10H,3-6H2;3H,1,4H2,2H3;3H,1H2,2H3. The molecule has 0 aliphatic heterocycles. The van der Waals surface area contributed by atoms with Crippen molar-refractivity contribution in [2.45, 2.75) is 39.5 Å². The number of esters is 1. The van der Waals surface area contributed by atoms with Gasteiger partial charge in [-0.05, 0) is 63.2 Å². The van der Waals surface area contributed by atoms with Crippen LogP contribution in [0.5, 0.6) is 0 Å². The summed E-state index contributed by atoms with van der Waals surface area (Å²) in [5.41, 5.74) is 0. The van der Waals surface area contributed by atoms with Gasteiger partial charge in [0, 0.05) is 6.08 Å². The average molecular weight is 276 g/mol. The molecule has 2 fully saturated rings. The van der Waals surface area contributed by atoms with Crippen LogP contribution >= 0.6 is 0 Å². The van der Waals surface area contributed by atoms with Crippen LogP contribution in [0.4, 0.5) is 0 Å². The van der Waals surface area contributed by atoms with Crippen LogP contribution in [0.2, 0.25) is 0 Å². The van der Waals surface area contributed by atoms with Crippen LogP contribution in [-0.4, -0.2) is 12.6 Å². The fourth-order valence-corrected chi connectivity index (χ4v) is 3.70. The van der Waals surface area contributed by atoms with Crippen LogP contribution in [0, 0.1) is 23.7 Å². The summed E-state index contributed by atoms with van der Waals surface area (Å²) < 4.78 is 4.43. The number of ether oxygens (including phenoxy) is 1. The van der Waals surface area contributed by atoms with E-state index >= 15 is 0 Å². The van der Waals surface area contributed by atoms with E-state index < -0.39 is 0 Å². The first kappa shape index (κ1) is 16.7. The molecule has 3 rings (SSSR count). The van der Waals surface area contributed by atoms with Gasteiger partial charge in [0.05, 0.1) is 6.61 Å². The van der Waals surface area contributed by atoms with Gasteiger partial charge >= 0.3 is 5.97 Å². The second-order valence-corrected chi connectivity index (χ2v) is 5.60. The maximum absolute atomic E-state index is 10.1. The van der Waals surface area contributed by atoms with Crippen molar-refractivity contribution < 1.29 is 9.53 Å². The molecule has 0 radical (unpaired) electrons. The molecule has 4 atom stereocenters. The Morgan fingerprint density at radius 3 is 2.50 bits per heavy atom. The lowest BCUT2D eigenvalue weighted by Crippen LogP contribution is -2.16. The molecule has 2 nitrogen and oxygen atoms in total. The molecule has 0 aromatic heterocycles. The molecular formula is C18H28O2. The summed E-state index contributed by atoms with van der Waals surface area (Å²) in [6.45, 7) is 10.6. The maximum atomic E-state index is 10.1. The number of hydrogen-bond donors (Lipinski definition) is 0. The van der Waals surface area contributed by atoms with Crippen molar-refractivity contribution in [2.24, 2.45) is 23.7 Å². The van der Waals surface area contributed by atoms with Crippen LogP contribution in [0.3, 0.4) is 0 Å². The zero-order chi connectivity index (χ0) is 15.0. The van der Waals surface area contributed by atoms with Crippen LogP contribution in [0.1, 0.15) is 39.5 Å². The number of carbonyl (C=O) groups is 1. The lowest BCUT2D eigenvalue weighted by molar-refractivity contribution is -0.137.